The molecule has 196 valence electrons. The van der Waals surface area contributed by atoms with Gasteiger partial charge in [-0.25, -0.2) is 13.4 Å². The number of hydrogen-bond acceptors (Lipinski definition) is 10. The van der Waals surface area contributed by atoms with E-state index in [0.717, 1.165) is 30.9 Å². The summed E-state index contributed by atoms with van der Waals surface area (Å²) in [6.45, 7) is 3.64. The average Bonchev–Trinajstić information content (AvgIpc) is 3.45. The van der Waals surface area contributed by atoms with Crippen molar-refractivity contribution in [1.29, 1.82) is 0 Å². The molecule has 1 amide bonds. The van der Waals surface area contributed by atoms with Gasteiger partial charge in [-0.2, -0.15) is 0 Å². The maximum atomic E-state index is 13.2. The first-order chi connectivity index (χ1) is 17.4. The minimum absolute atomic E-state index is 0.0539. The Balaban J connectivity index is 1.46. The molecule has 0 radical (unpaired) electrons. The third-order valence-electron chi connectivity index (χ3n) is 5.98. The van der Waals surface area contributed by atoms with Gasteiger partial charge in [0.15, 0.2) is 26.8 Å². The highest BCUT2D eigenvalue weighted by Crippen LogP contribution is 2.33. The van der Waals surface area contributed by atoms with Crippen LogP contribution in [0.2, 0.25) is 0 Å². The quantitative estimate of drug-likeness (QED) is 0.228. The fourth-order valence-corrected chi connectivity index (χ4v) is 6.33. The molecule has 0 unspecified atom stereocenters. The number of aromatic nitrogens is 1. The first-order valence-electron chi connectivity index (χ1n) is 12.1. The van der Waals surface area contributed by atoms with Crippen molar-refractivity contribution in [3.63, 3.8) is 0 Å². The van der Waals surface area contributed by atoms with Gasteiger partial charge in [0.1, 0.15) is 0 Å². The fourth-order valence-electron chi connectivity index (χ4n) is 3.79. The van der Waals surface area contributed by atoms with Crippen molar-refractivity contribution < 1.29 is 22.8 Å². The molecule has 12 heteroatoms. The van der Waals surface area contributed by atoms with Crippen LogP contribution in [-0.4, -0.2) is 81.7 Å². The largest absolute Gasteiger partial charge is 0.389 e. The van der Waals surface area contributed by atoms with Gasteiger partial charge in [0, 0.05) is 29.6 Å². The molecule has 2 aliphatic rings. The number of oxime groups is 1. The highest BCUT2D eigenvalue weighted by molar-refractivity contribution is 7.92. The number of carbonyl (C=O) groups is 1. The molecule has 2 heterocycles. The Hall–Kier alpha value is -2.38. The van der Waals surface area contributed by atoms with Gasteiger partial charge in [0.05, 0.1) is 23.4 Å². The number of amides is 1. The zero-order valence-electron chi connectivity index (χ0n) is 20.6. The third-order valence-corrected chi connectivity index (χ3v) is 9.16. The first kappa shape index (κ1) is 26.7. The summed E-state index contributed by atoms with van der Waals surface area (Å²) in [6, 6.07) is 6.23. The van der Waals surface area contributed by atoms with E-state index < -0.39 is 15.7 Å². The second-order valence-electron chi connectivity index (χ2n) is 9.08. The molecule has 1 saturated carbocycles. The lowest BCUT2D eigenvalue weighted by Gasteiger charge is -2.14. The van der Waals surface area contributed by atoms with Crippen molar-refractivity contribution in [2.24, 2.45) is 5.16 Å². The smallest absolute Gasteiger partial charge is 0.280 e. The summed E-state index contributed by atoms with van der Waals surface area (Å²) in [5, 5.41) is 10.3. The number of rotatable bonds is 13. The maximum Gasteiger partial charge on any atom is 0.280 e. The van der Waals surface area contributed by atoms with Gasteiger partial charge < -0.3 is 19.8 Å². The summed E-state index contributed by atoms with van der Waals surface area (Å²) >= 11 is 1.41. The molecule has 0 spiro atoms. The molecule has 0 bridgehead atoms. The summed E-state index contributed by atoms with van der Waals surface area (Å²) in [4.78, 5) is 26.6. The van der Waals surface area contributed by atoms with Gasteiger partial charge in [-0.3, -0.25) is 10.1 Å². The minimum Gasteiger partial charge on any atom is -0.389 e. The lowest BCUT2D eigenvalue weighted by atomic mass is 10.1. The molecule has 36 heavy (non-hydrogen) atoms. The fraction of sp³-hybridized carbons (Fsp3) is 0.542. The zero-order valence-corrected chi connectivity index (χ0v) is 22.2. The van der Waals surface area contributed by atoms with Gasteiger partial charge in [0.2, 0.25) is 0 Å². The highest BCUT2D eigenvalue weighted by Gasteiger charge is 2.36. The van der Waals surface area contributed by atoms with Crippen LogP contribution in [-0.2, 0) is 30.8 Å². The molecular formula is C24H33N5O5S2. The predicted molar refractivity (Wildman–Crippen MR) is 139 cm³/mol. The van der Waals surface area contributed by atoms with E-state index in [2.05, 4.69) is 32.7 Å². The van der Waals surface area contributed by atoms with Crippen LogP contribution in [0.1, 0.15) is 36.1 Å². The topological polar surface area (TPSA) is 122 Å². The van der Waals surface area contributed by atoms with Crippen molar-refractivity contribution in [3.8, 4) is 0 Å². The van der Waals surface area contributed by atoms with Crippen LogP contribution in [0.5, 0.6) is 0 Å². The van der Waals surface area contributed by atoms with Crippen LogP contribution in [0, 0.1) is 0 Å². The summed E-state index contributed by atoms with van der Waals surface area (Å²) in [5.41, 5.74) is 0.514. The van der Waals surface area contributed by atoms with Gasteiger partial charge >= 0.3 is 0 Å². The Kier molecular flexibility index (Phi) is 9.07. The SMILES string of the molecule is CNCCCN(C)Cc1cnc(NC(=O)/C(=N/O[C@@H]2CCOC2)c2ccc(S(=O)(=O)C3CC3)cc2)s1. The lowest BCUT2D eigenvalue weighted by Crippen LogP contribution is -2.25. The summed E-state index contributed by atoms with van der Waals surface area (Å²) in [7, 11) is 0.667. The Bertz CT molecular complexity index is 1160. The second kappa shape index (κ2) is 12.2. The summed E-state index contributed by atoms with van der Waals surface area (Å²) in [6.07, 6.45) is 4.65. The number of nitrogens with one attached hydrogen (secondary N) is 2. The number of benzene rings is 1. The maximum absolute atomic E-state index is 13.2. The molecular weight excluding hydrogens is 502 g/mol. The Morgan fingerprint density at radius 3 is 2.72 bits per heavy atom. The Morgan fingerprint density at radius 1 is 1.28 bits per heavy atom. The molecule has 10 nitrogen and oxygen atoms in total. The van der Waals surface area contributed by atoms with Gasteiger partial charge in [-0.1, -0.05) is 17.3 Å². The second-order valence-corrected chi connectivity index (χ2v) is 12.4. The van der Waals surface area contributed by atoms with Crippen molar-refractivity contribution in [2.45, 2.75) is 48.5 Å². The van der Waals surface area contributed by atoms with Crippen LogP contribution in [0.25, 0.3) is 0 Å². The lowest BCUT2D eigenvalue weighted by molar-refractivity contribution is -0.110. The Labute approximate surface area is 216 Å². The molecule has 1 aliphatic carbocycles. The van der Waals surface area contributed by atoms with E-state index in [0.29, 0.717) is 43.2 Å². The van der Waals surface area contributed by atoms with Crippen LogP contribution in [0.15, 0.2) is 40.5 Å². The third kappa shape index (κ3) is 7.10. The van der Waals surface area contributed by atoms with Crippen molar-refractivity contribution in [2.75, 3.05) is 45.7 Å². The molecule has 1 atom stereocenters. The monoisotopic (exact) mass is 535 g/mol. The van der Waals surface area contributed by atoms with E-state index in [-0.39, 0.29) is 22.0 Å². The number of anilines is 1. The van der Waals surface area contributed by atoms with E-state index in [1.807, 2.05) is 7.05 Å². The predicted octanol–water partition coefficient (Wildman–Crippen LogP) is 2.27. The van der Waals surface area contributed by atoms with Crippen molar-refractivity contribution >= 4 is 37.9 Å². The number of nitrogens with zero attached hydrogens (tertiary/aromatic N) is 3. The minimum atomic E-state index is -3.32. The van der Waals surface area contributed by atoms with Crippen LogP contribution in [0.4, 0.5) is 5.13 Å². The Morgan fingerprint density at radius 2 is 2.06 bits per heavy atom. The molecule has 1 aromatic heterocycles. The number of thiazole rings is 1. The zero-order chi connectivity index (χ0) is 25.5. The van der Waals surface area contributed by atoms with Crippen LogP contribution >= 0.6 is 11.3 Å². The number of hydrogen-bond donors (Lipinski definition) is 2. The van der Waals surface area contributed by atoms with E-state index in [4.69, 9.17) is 9.57 Å². The van der Waals surface area contributed by atoms with Crippen LogP contribution in [0.3, 0.4) is 0 Å². The summed E-state index contributed by atoms with van der Waals surface area (Å²) < 4.78 is 30.4. The van der Waals surface area contributed by atoms with E-state index in [9.17, 15) is 13.2 Å². The molecule has 1 aromatic carbocycles. The van der Waals surface area contributed by atoms with E-state index in [1.54, 1.807) is 18.3 Å². The van der Waals surface area contributed by atoms with Crippen molar-refractivity contribution in [1.82, 2.24) is 15.2 Å². The molecule has 2 aromatic rings. The van der Waals surface area contributed by atoms with E-state index >= 15 is 0 Å². The highest BCUT2D eigenvalue weighted by atomic mass is 32.2. The van der Waals surface area contributed by atoms with Gasteiger partial charge in [-0.15, -0.1) is 11.3 Å². The average molecular weight is 536 g/mol. The molecule has 1 aliphatic heterocycles. The number of sulfone groups is 1. The molecule has 2 N–H and O–H groups in total. The molecule has 2 fully saturated rings. The van der Waals surface area contributed by atoms with Crippen LogP contribution < -0.4 is 10.6 Å². The molecule has 4 rings (SSSR count). The number of carbonyl (C=O) groups excluding carboxylic acids is 1. The summed E-state index contributed by atoms with van der Waals surface area (Å²) in [5.74, 6) is -0.477. The van der Waals surface area contributed by atoms with Gasteiger partial charge in [-0.05, 0) is 58.6 Å². The molecule has 1 saturated heterocycles. The van der Waals surface area contributed by atoms with E-state index in [1.165, 1.54) is 23.5 Å². The first-order valence-corrected chi connectivity index (χ1v) is 14.5. The standard InChI is InChI=1S/C24H33N5O5S2/c1-25-11-3-12-29(2)15-19-14-26-24(35-19)27-23(30)22(28-34-18-10-13-33-16-18)17-4-6-20(7-5-17)36(31,32)21-8-9-21/h4-7,14,18,21,25H,3,8-13,15-16H2,1-2H3,(H,26,27,30)/b28-22+/t18-/m1/s1. The van der Waals surface area contributed by atoms with Crippen molar-refractivity contribution in [3.05, 3.63) is 40.9 Å². The normalized spacial score (nSPS) is 18.5. The number of ether oxygens (including phenoxy) is 1. The van der Waals surface area contributed by atoms with Gasteiger partial charge in [0.25, 0.3) is 5.91 Å².